The molecule has 0 atom stereocenters. The van der Waals surface area contributed by atoms with E-state index in [1.54, 1.807) is 0 Å². The first kappa shape index (κ1) is 17.8. The Hall–Kier alpha value is -2.98. The van der Waals surface area contributed by atoms with Crippen LogP contribution >= 0.6 is 11.6 Å². The van der Waals surface area contributed by atoms with Gasteiger partial charge in [-0.3, -0.25) is 20.2 Å². The van der Waals surface area contributed by atoms with Crippen LogP contribution in [0.2, 0.25) is 0 Å². The van der Waals surface area contributed by atoms with Gasteiger partial charge in [-0.1, -0.05) is 12.1 Å². The van der Waals surface area contributed by atoms with Gasteiger partial charge in [0.2, 0.25) is 0 Å². The van der Waals surface area contributed by atoms with E-state index in [1.807, 2.05) is 0 Å². The van der Waals surface area contributed by atoms with Crippen LogP contribution < -0.4 is 0 Å². The van der Waals surface area contributed by atoms with E-state index in [0.717, 1.165) is 22.2 Å². The molecular weight excluding hydrogens is 386 g/mol. The smallest absolute Gasteiger partial charge is 0.258 e. The third kappa shape index (κ3) is 2.78. The van der Waals surface area contributed by atoms with E-state index in [1.165, 1.54) is 30.5 Å². The lowest BCUT2D eigenvalue weighted by atomic mass is 10.2. The van der Waals surface area contributed by atoms with Gasteiger partial charge in [0.1, 0.15) is 0 Å². The van der Waals surface area contributed by atoms with Gasteiger partial charge in [-0.2, -0.15) is 0 Å². The number of halogens is 1. The van der Waals surface area contributed by atoms with Crippen molar-refractivity contribution in [1.29, 1.82) is 0 Å². The molecule has 0 bridgehead atoms. The normalized spacial score (nSPS) is 11.6. The first-order valence-electron chi connectivity index (χ1n) is 7.10. The third-order valence-electron chi connectivity index (χ3n) is 3.79. The number of hydrogen-bond donors (Lipinski definition) is 0. The Bertz CT molecular complexity index is 1160. The summed E-state index contributed by atoms with van der Waals surface area (Å²) in [5.74, 6) is -0.0862. The topological polar surface area (TPSA) is 125 Å². The van der Waals surface area contributed by atoms with Gasteiger partial charge in [0, 0.05) is 35.7 Å². The summed E-state index contributed by atoms with van der Waals surface area (Å²) in [7, 11) is -4.32. The number of nitro benzene ring substituents is 2. The van der Waals surface area contributed by atoms with Crippen LogP contribution in [0.5, 0.6) is 0 Å². The Morgan fingerprint density at radius 3 is 2.35 bits per heavy atom. The molecule has 0 N–H and O–H groups in total. The van der Waals surface area contributed by atoms with Crippen molar-refractivity contribution in [2.24, 2.45) is 0 Å². The van der Waals surface area contributed by atoms with Crippen molar-refractivity contribution in [3.05, 3.63) is 74.5 Å². The summed E-state index contributed by atoms with van der Waals surface area (Å²) in [5, 5.41) is 22.4. The van der Waals surface area contributed by atoms with Gasteiger partial charge in [0.15, 0.2) is 4.90 Å². The first-order chi connectivity index (χ1) is 12.3. The summed E-state index contributed by atoms with van der Waals surface area (Å²) in [4.78, 5) is 20.3. The number of nitro groups is 2. The highest BCUT2D eigenvalue weighted by molar-refractivity contribution is 7.90. The molecule has 0 aliphatic carbocycles. The molecule has 9 nitrogen and oxygen atoms in total. The van der Waals surface area contributed by atoms with Crippen molar-refractivity contribution in [2.45, 2.75) is 10.8 Å². The second-order valence-electron chi connectivity index (χ2n) is 5.27. The van der Waals surface area contributed by atoms with Gasteiger partial charge >= 0.3 is 0 Å². The Balaban J connectivity index is 2.32. The maximum absolute atomic E-state index is 13.0. The maximum atomic E-state index is 13.0. The molecule has 0 aliphatic heterocycles. The fourth-order valence-corrected chi connectivity index (χ4v) is 4.37. The van der Waals surface area contributed by atoms with Gasteiger partial charge < -0.3 is 0 Å². The monoisotopic (exact) mass is 395 g/mol. The molecule has 1 aromatic heterocycles. The molecule has 0 saturated carbocycles. The van der Waals surface area contributed by atoms with Crippen molar-refractivity contribution in [3.8, 4) is 0 Å². The molecule has 2 aromatic carbocycles. The van der Waals surface area contributed by atoms with Crippen molar-refractivity contribution in [2.75, 3.05) is 0 Å². The number of rotatable bonds is 5. The second-order valence-corrected chi connectivity index (χ2v) is 7.32. The lowest BCUT2D eigenvalue weighted by Crippen LogP contribution is -2.13. The number of nitrogens with zero attached hydrogens (tertiary/aromatic N) is 3. The fraction of sp³-hybridized carbons (Fsp3) is 0.0667. The minimum Gasteiger partial charge on any atom is -0.258 e. The quantitative estimate of drug-likeness (QED) is 0.370. The summed E-state index contributed by atoms with van der Waals surface area (Å²) < 4.78 is 26.9. The van der Waals surface area contributed by atoms with E-state index >= 15 is 0 Å². The van der Waals surface area contributed by atoms with Gasteiger partial charge in [-0.15, -0.1) is 11.6 Å². The number of para-hydroxylation sites is 1. The predicted molar refractivity (Wildman–Crippen MR) is 93.8 cm³/mol. The highest BCUT2D eigenvalue weighted by Crippen LogP contribution is 2.32. The van der Waals surface area contributed by atoms with E-state index in [9.17, 15) is 28.6 Å². The molecule has 26 heavy (non-hydrogen) atoms. The van der Waals surface area contributed by atoms with Crippen LogP contribution in [0.15, 0.2) is 53.6 Å². The van der Waals surface area contributed by atoms with Crippen LogP contribution in [0, 0.1) is 20.2 Å². The number of benzene rings is 2. The van der Waals surface area contributed by atoms with Crippen LogP contribution in [-0.2, 0) is 15.9 Å². The number of non-ortho nitro benzene ring substituents is 1. The predicted octanol–water partition coefficient (Wildman–Crippen LogP) is 3.43. The van der Waals surface area contributed by atoms with E-state index in [4.69, 9.17) is 11.6 Å². The molecule has 0 fully saturated rings. The SMILES string of the molecule is O=[N+]([O-])c1ccc2c(c1)c(CCl)cn2S(=O)(=O)c1ccccc1[N+](=O)[O-]. The number of fused-ring (bicyclic) bond motifs is 1. The molecule has 0 unspecified atom stereocenters. The molecule has 3 aromatic rings. The second kappa shape index (κ2) is 6.39. The minimum absolute atomic E-state index is 0.0862. The van der Waals surface area contributed by atoms with Crippen LogP contribution in [0.25, 0.3) is 10.9 Å². The zero-order chi connectivity index (χ0) is 19.1. The molecule has 0 spiro atoms. The summed E-state index contributed by atoms with van der Waals surface area (Å²) in [6.45, 7) is 0. The van der Waals surface area contributed by atoms with Crippen LogP contribution in [0.4, 0.5) is 11.4 Å². The van der Waals surface area contributed by atoms with Crippen molar-refractivity contribution in [3.63, 3.8) is 0 Å². The molecule has 0 aliphatic rings. The third-order valence-corrected chi connectivity index (χ3v) is 5.80. The Morgan fingerprint density at radius 2 is 1.73 bits per heavy atom. The zero-order valence-electron chi connectivity index (χ0n) is 12.9. The summed E-state index contributed by atoms with van der Waals surface area (Å²) in [6.07, 6.45) is 1.22. The molecule has 3 rings (SSSR count). The number of alkyl halides is 1. The fourth-order valence-electron chi connectivity index (χ4n) is 2.61. The highest BCUT2D eigenvalue weighted by Gasteiger charge is 2.29. The van der Waals surface area contributed by atoms with Crippen LogP contribution in [0.1, 0.15) is 5.56 Å². The largest absolute Gasteiger partial charge is 0.289 e. The van der Waals surface area contributed by atoms with E-state index in [-0.39, 0.29) is 22.5 Å². The minimum atomic E-state index is -4.32. The van der Waals surface area contributed by atoms with Gasteiger partial charge in [-0.05, 0) is 17.7 Å². The van der Waals surface area contributed by atoms with Crippen molar-refractivity contribution >= 4 is 43.9 Å². The van der Waals surface area contributed by atoms with Crippen LogP contribution in [0.3, 0.4) is 0 Å². The summed E-state index contributed by atoms with van der Waals surface area (Å²) in [6, 6.07) is 8.61. The van der Waals surface area contributed by atoms with Crippen LogP contribution in [-0.4, -0.2) is 22.2 Å². The summed E-state index contributed by atoms with van der Waals surface area (Å²) >= 11 is 5.84. The lowest BCUT2D eigenvalue weighted by Gasteiger charge is -2.08. The van der Waals surface area contributed by atoms with E-state index in [0.29, 0.717) is 5.56 Å². The molecule has 1 heterocycles. The lowest BCUT2D eigenvalue weighted by molar-refractivity contribution is -0.387. The Morgan fingerprint density at radius 1 is 1.04 bits per heavy atom. The van der Waals surface area contributed by atoms with E-state index < -0.39 is 30.5 Å². The molecule has 0 saturated heterocycles. The Labute approximate surface area is 151 Å². The van der Waals surface area contributed by atoms with Gasteiger partial charge in [-0.25, -0.2) is 12.4 Å². The molecule has 11 heteroatoms. The van der Waals surface area contributed by atoms with E-state index in [2.05, 4.69) is 0 Å². The van der Waals surface area contributed by atoms with Gasteiger partial charge in [0.05, 0.1) is 15.4 Å². The molecule has 134 valence electrons. The standard InChI is InChI=1S/C15H10ClN3O6S/c16-8-10-9-17(13-6-5-11(18(20)21)7-12(10)13)26(24,25)15-4-2-1-3-14(15)19(22)23/h1-7,9H,8H2. The van der Waals surface area contributed by atoms with Gasteiger partial charge in [0.25, 0.3) is 21.4 Å². The molecule has 0 radical (unpaired) electrons. The van der Waals surface area contributed by atoms with Crippen molar-refractivity contribution in [1.82, 2.24) is 3.97 Å². The highest BCUT2D eigenvalue weighted by atomic mass is 35.5. The number of aromatic nitrogens is 1. The zero-order valence-corrected chi connectivity index (χ0v) is 14.5. The number of hydrogen-bond acceptors (Lipinski definition) is 6. The van der Waals surface area contributed by atoms with Crippen molar-refractivity contribution < 1.29 is 18.3 Å². The molecule has 0 amide bonds. The summed E-state index contributed by atoms with van der Waals surface area (Å²) in [5.41, 5.74) is -0.287. The average Bonchev–Trinajstić information content (AvgIpc) is 3.00. The first-order valence-corrected chi connectivity index (χ1v) is 9.08. The Kier molecular flexibility index (Phi) is 4.38. The average molecular weight is 396 g/mol. The molecular formula is C15H10ClN3O6S. The maximum Gasteiger partial charge on any atom is 0.289 e.